The molecule has 114 valence electrons. The first-order valence-electron chi connectivity index (χ1n) is 7.16. The van der Waals surface area contributed by atoms with Crippen LogP contribution in [0, 0.1) is 25.2 Å². The summed E-state index contributed by atoms with van der Waals surface area (Å²) in [5.41, 5.74) is 3.65. The van der Waals surface area contributed by atoms with E-state index in [1.807, 2.05) is 32.9 Å². The van der Waals surface area contributed by atoms with Crippen molar-refractivity contribution in [3.8, 4) is 11.8 Å². The van der Waals surface area contributed by atoms with Crippen LogP contribution in [0.3, 0.4) is 0 Å². The first kappa shape index (κ1) is 15.8. The Morgan fingerprint density at radius 2 is 2.05 bits per heavy atom. The van der Waals surface area contributed by atoms with Gasteiger partial charge in [-0.2, -0.15) is 10.4 Å². The molecule has 1 aromatic heterocycles. The zero-order chi connectivity index (χ0) is 16.3. The van der Waals surface area contributed by atoms with E-state index in [1.54, 1.807) is 13.0 Å². The van der Waals surface area contributed by atoms with Gasteiger partial charge in [-0.1, -0.05) is 6.07 Å². The topological polar surface area (TPSA) is 78.8 Å². The highest BCUT2D eigenvalue weighted by Crippen LogP contribution is 2.22. The summed E-state index contributed by atoms with van der Waals surface area (Å²) in [7, 11) is 0. The summed E-state index contributed by atoms with van der Waals surface area (Å²) < 4.78 is 5.61. The van der Waals surface area contributed by atoms with Gasteiger partial charge in [-0.05, 0) is 51.0 Å². The minimum absolute atomic E-state index is 0.0173. The molecule has 2 aromatic rings. The Morgan fingerprint density at radius 3 is 2.68 bits per heavy atom. The average molecular weight is 297 g/mol. The maximum atomic E-state index is 11.5. The number of ether oxygens (including phenoxy) is 1. The Hall–Kier alpha value is -2.61. The van der Waals surface area contributed by atoms with Crippen molar-refractivity contribution >= 4 is 0 Å². The molecule has 0 aliphatic heterocycles. The highest BCUT2D eigenvalue weighted by atomic mass is 16.5. The monoisotopic (exact) mass is 297 g/mol. The molecule has 0 amide bonds. The predicted octanol–water partition coefficient (Wildman–Crippen LogP) is 2.64. The fourth-order valence-corrected chi connectivity index (χ4v) is 2.17. The van der Waals surface area contributed by atoms with Gasteiger partial charge in [0, 0.05) is 12.0 Å². The fraction of sp³-hybridized carbons (Fsp3) is 0.353. The lowest BCUT2D eigenvalue weighted by Gasteiger charge is -2.12. The maximum absolute atomic E-state index is 11.5. The molecule has 0 saturated heterocycles. The molecule has 2 rings (SSSR count). The number of rotatable bonds is 4. The first-order valence-corrected chi connectivity index (χ1v) is 7.16. The molecule has 5 heteroatoms. The molecule has 0 unspecified atom stereocenters. The van der Waals surface area contributed by atoms with E-state index in [2.05, 4.69) is 16.3 Å². The summed E-state index contributed by atoms with van der Waals surface area (Å²) in [5, 5.41) is 15.9. The zero-order valence-corrected chi connectivity index (χ0v) is 13.2. The number of H-pyrrole nitrogens is 1. The molecule has 1 heterocycles. The molecule has 0 bridgehead atoms. The van der Waals surface area contributed by atoms with Crippen molar-refractivity contribution in [1.29, 1.82) is 5.26 Å². The highest BCUT2D eigenvalue weighted by molar-refractivity contribution is 5.46. The number of aromatic amines is 1. The number of nitrogens with zero attached hydrogens (tertiary/aromatic N) is 2. The molecule has 22 heavy (non-hydrogen) atoms. The number of aromatic nitrogens is 2. The quantitative estimate of drug-likeness (QED) is 0.941. The van der Waals surface area contributed by atoms with Crippen LogP contribution in [-0.4, -0.2) is 16.3 Å². The van der Waals surface area contributed by atoms with Crippen molar-refractivity contribution in [2.45, 2.75) is 40.2 Å². The summed E-state index contributed by atoms with van der Waals surface area (Å²) >= 11 is 0. The van der Waals surface area contributed by atoms with Crippen molar-refractivity contribution in [2.75, 3.05) is 0 Å². The number of benzene rings is 1. The SMILES string of the molecule is Cc1c(Cc2ccc(OC(C)C)c(C#N)c2)n[nH]c(=O)c1C. The first-order chi connectivity index (χ1) is 10.4. The summed E-state index contributed by atoms with van der Waals surface area (Å²) in [6, 6.07) is 7.69. The van der Waals surface area contributed by atoms with E-state index in [1.165, 1.54) is 0 Å². The van der Waals surface area contributed by atoms with Gasteiger partial charge in [-0.15, -0.1) is 0 Å². The lowest BCUT2D eigenvalue weighted by Crippen LogP contribution is -2.16. The highest BCUT2D eigenvalue weighted by Gasteiger charge is 2.10. The van der Waals surface area contributed by atoms with Crippen LogP contribution >= 0.6 is 0 Å². The third-order valence-corrected chi connectivity index (χ3v) is 3.53. The van der Waals surface area contributed by atoms with Crippen LogP contribution in [0.1, 0.15) is 41.8 Å². The lowest BCUT2D eigenvalue weighted by molar-refractivity contribution is 0.241. The molecule has 0 aliphatic carbocycles. The van der Waals surface area contributed by atoms with Gasteiger partial charge in [0.25, 0.3) is 5.56 Å². The number of hydrogen-bond acceptors (Lipinski definition) is 4. The van der Waals surface area contributed by atoms with Crippen LogP contribution in [0.15, 0.2) is 23.0 Å². The van der Waals surface area contributed by atoms with Gasteiger partial charge in [-0.25, -0.2) is 5.10 Å². The fourth-order valence-electron chi connectivity index (χ4n) is 2.17. The summed E-state index contributed by atoms with van der Waals surface area (Å²) in [4.78, 5) is 11.5. The molecule has 0 atom stereocenters. The third-order valence-electron chi connectivity index (χ3n) is 3.53. The summed E-state index contributed by atoms with van der Waals surface area (Å²) in [6.45, 7) is 7.50. The standard InChI is InChI=1S/C17H19N3O2/c1-10(2)22-16-6-5-13(7-14(16)9-18)8-15-11(3)12(4)17(21)20-19-15/h5-7,10H,8H2,1-4H3,(H,20,21). The number of nitrogens with one attached hydrogen (secondary N) is 1. The summed E-state index contributed by atoms with van der Waals surface area (Å²) in [5.74, 6) is 0.587. The van der Waals surface area contributed by atoms with Gasteiger partial charge >= 0.3 is 0 Å². The van der Waals surface area contributed by atoms with Crippen molar-refractivity contribution in [1.82, 2.24) is 10.2 Å². The Morgan fingerprint density at radius 1 is 1.32 bits per heavy atom. The largest absolute Gasteiger partial charge is 0.490 e. The zero-order valence-electron chi connectivity index (χ0n) is 13.2. The Bertz CT molecular complexity index is 785. The number of nitriles is 1. The molecule has 1 aromatic carbocycles. The second-order valence-electron chi connectivity index (χ2n) is 5.54. The van der Waals surface area contributed by atoms with Gasteiger partial charge in [-0.3, -0.25) is 4.79 Å². The average Bonchev–Trinajstić information content (AvgIpc) is 2.48. The molecule has 0 spiro atoms. The van der Waals surface area contributed by atoms with Gasteiger partial charge < -0.3 is 4.74 Å². The van der Waals surface area contributed by atoms with Gasteiger partial charge in [0.15, 0.2) is 0 Å². The van der Waals surface area contributed by atoms with Crippen LogP contribution in [0.5, 0.6) is 5.75 Å². The minimum Gasteiger partial charge on any atom is -0.490 e. The van der Waals surface area contributed by atoms with E-state index < -0.39 is 0 Å². The Labute approximate surface area is 129 Å². The molecule has 1 N–H and O–H groups in total. The molecular formula is C17H19N3O2. The van der Waals surface area contributed by atoms with E-state index in [-0.39, 0.29) is 11.7 Å². The van der Waals surface area contributed by atoms with Crippen molar-refractivity contribution in [2.24, 2.45) is 0 Å². The molecule has 0 radical (unpaired) electrons. The van der Waals surface area contributed by atoms with Crippen molar-refractivity contribution < 1.29 is 4.74 Å². The van der Waals surface area contributed by atoms with Crippen molar-refractivity contribution in [3.63, 3.8) is 0 Å². The van der Waals surface area contributed by atoms with Gasteiger partial charge in [0.2, 0.25) is 0 Å². The second kappa shape index (κ2) is 6.44. The molecule has 0 fully saturated rings. The second-order valence-corrected chi connectivity index (χ2v) is 5.54. The Kier molecular flexibility index (Phi) is 4.62. The lowest BCUT2D eigenvalue weighted by atomic mass is 10.0. The van der Waals surface area contributed by atoms with Crippen LogP contribution in [0.4, 0.5) is 0 Å². The number of hydrogen-bond donors (Lipinski definition) is 1. The van der Waals surface area contributed by atoms with E-state index >= 15 is 0 Å². The van der Waals surface area contributed by atoms with Crippen LogP contribution in [0.25, 0.3) is 0 Å². The predicted molar refractivity (Wildman–Crippen MR) is 84.1 cm³/mol. The molecule has 0 saturated carbocycles. The van der Waals surface area contributed by atoms with E-state index in [9.17, 15) is 10.1 Å². The maximum Gasteiger partial charge on any atom is 0.267 e. The van der Waals surface area contributed by atoms with Crippen LogP contribution in [-0.2, 0) is 6.42 Å². The Balaban J connectivity index is 2.33. The summed E-state index contributed by atoms with van der Waals surface area (Å²) in [6.07, 6.45) is 0.573. The minimum atomic E-state index is -0.167. The normalized spacial score (nSPS) is 10.5. The van der Waals surface area contributed by atoms with Crippen LogP contribution in [0.2, 0.25) is 0 Å². The molecule has 0 aliphatic rings. The van der Waals surface area contributed by atoms with Crippen molar-refractivity contribution in [3.05, 3.63) is 56.5 Å². The van der Waals surface area contributed by atoms with E-state index in [4.69, 9.17) is 4.74 Å². The van der Waals surface area contributed by atoms with Gasteiger partial charge in [0.05, 0.1) is 17.4 Å². The van der Waals surface area contributed by atoms with E-state index in [0.717, 1.165) is 16.8 Å². The van der Waals surface area contributed by atoms with E-state index in [0.29, 0.717) is 23.3 Å². The molecule has 5 nitrogen and oxygen atoms in total. The van der Waals surface area contributed by atoms with Crippen LogP contribution < -0.4 is 10.3 Å². The third kappa shape index (κ3) is 3.34. The van der Waals surface area contributed by atoms with Gasteiger partial charge in [0.1, 0.15) is 11.8 Å². The smallest absolute Gasteiger partial charge is 0.267 e. The molecular weight excluding hydrogens is 278 g/mol.